The van der Waals surface area contributed by atoms with E-state index in [9.17, 15) is 0 Å². The third-order valence-electron chi connectivity index (χ3n) is 0.937. The molecule has 0 aliphatic carbocycles. The fraction of sp³-hybridized carbons (Fsp3) is 1.00. The standard InChI is InChI=1S/C6H15ClNO.H2O4S/c1-8(2,3)5-6(9)4-7;1-5(2,3)4/h6,9H,4-5H2,1-3H3;(H2,1,2,3,4)/q+1;. The third kappa shape index (κ3) is 29.6. The van der Waals surface area contributed by atoms with Crippen LogP contribution in [0.15, 0.2) is 0 Å². The quantitative estimate of drug-likeness (QED) is 0.361. The molecule has 0 aromatic rings. The Labute approximate surface area is 89.3 Å². The molecule has 0 aromatic heterocycles. The van der Waals surface area contributed by atoms with Gasteiger partial charge >= 0.3 is 10.4 Å². The molecular formula is C6H17ClNO5S+. The molecule has 6 nitrogen and oxygen atoms in total. The second kappa shape index (κ2) is 6.54. The van der Waals surface area contributed by atoms with Crippen LogP contribution in [0, 0.1) is 0 Å². The summed E-state index contributed by atoms with van der Waals surface area (Å²) in [6.45, 7) is 0.712. The number of aliphatic hydroxyl groups is 1. The van der Waals surface area contributed by atoms with Gasteiger partial charge in [-0.05, 0) is 0 Å². The van der Waals surface area contributed by atoms with Crippen molar-refractivity contribution in [1.82, 2.24) is 0 Å². The first kappa shape index (κ1) is 16.5. The van der Waals surface area contributed by atoms with Crippen molar-refractivity contribution in [2.24, 2.45) is 0 Å². The predicted molar refractivity (Wildman–Crippen MR) is 53.8 cm³/mol. The van der Waals surface area contributed by atoms with Crippen molar-refractivity contribution in [3.8, 4) is 0 Å². The molecule has 0 spiro atoms. The molecule has 0 bridgehead atoms. The lowest BCUT2D eigenvalue weighted by molar-refractivity contribution is -0.873. The van der Waals surface area contributed by atoms with E-state index in [4.69, 9.17) is 34.2 Å². The van der Waals surface area contributed by atoms with E-state index in [1.165, 1.54) is 0 Å². The van der Waals surface area contributed by atoms with Gasteiger partial charge in [-0.25, -0.2) is 0 Å². The van der Waals surface area contributed by atoms with Crippen LogP contribution < -0.4 is 0 Å². The Balaban J connectivity index is 0. The molecule has 0 aliphatic rings. The largest absolute Gasteiger partial charge is 0.394 e. The average molecular weight is 251 g/mol. The summed E-state index contributed by atoms with van der Waals surface area (Å²) in [5.41, 5.74) is 0. The lowest BCUT2D eigenvalue weighted by Gasteiger charge is -2.25. The molecule has 8 heteroatoms. The Hall–Kier alpha value is 0.0800. The van der Waals surface area contributed by atoms with Crippen molar-refractivity contribution in [2.45, 2.75) is 6.10 Å². The van der Waals surface area contributed by atoms with Crippen LogP contribution >= 0.6 is 11.6 Å². The monoisotopic (exact) mass is 250 g/mol. The zero-order valence-corrected chi connectivity index (χ0v) is 9.96. The predicted octanol–water partition coefficient (Wildman–Crippen LogP) is -0.360. The van der Waals surface area contributed by atoms with Crippen molar-refractivity contribution in [1.29, 1.82) is 0 Å². The first-order chi connectivity index (χ1) is 5.95. The van der Waals surface area contributed by atoms with Crippen molar-refractivity contribution in [3.05, 3.63) is 0 Å². The van der Waals surface area contributed by atoms with Crippen LogP contribution in [0.5, 0.6) is 0 Å². The van der Waals surface area contributed by atoms with Crippen LogP contribution in [0.25, 0.3) is 0 Å². The minimum absolute atomic E-state index is 0.329. The van der Waals surface area contributed by atoms with Crippen LogP contribution in [0.4, 0.5) is 0 Å². The minimum Gasteiger partial charge on any atom is -0.386 e. The Morgan fingerprint density at radius 3 is 1.64 bits per heavy atom. The molecule has 1 unspecified atom stereocenters. The zero-order chi connectivity index (χ0) is 12.0. The summed E-state index contributed by atoms with van der Waals surface area (Å²) < 4.78 is 32.3. The second-order valence-corrected chi connectivity index (χ2v) is 4.93. The number of rotatable bonds is 3. The van der Waals surface area contributed by atoms with Gasteiger partial charge in [0.15, 0.2) is 0 Å². The fourth-order valence-corrected chi connectivity index (χ4v) is 0.779. The van der Waals surface area contributed by atoms with Crippen molar-refractivity contribution >= 4 is 22.0 Å². The van der Waals surface area contributed by atoms with Crippen LogP contribution in [0.1, 0.15) is 0 Å². The smallest absolute Gasteiger partial charge is 0.386 e. The van der Waals surface area contributed by atoms with Crippen LogP contribution in [0.2, 0.25) is 0 Å². The van der Waals surface area contributed by atoms with Crippen LogP contribution in [-0.4, -0.2) is 66.8 Å². The van der Waals surface area contributed by atoms with Crippen LogP contribution in [0.3, 0.4) is 0 Å². The summed E-state index contributed by atoms with van der Waals surface area (Å²) in [4.78, 5) is 0. The maximum Gasteiger partial charge on any atom is 0.394 e. The van der Waals surface area contributed by atoms with Gasteiger partial charge in [-0.3, -0.25) is 9.11 Å². The number of aliphatic hydroxyl groups excluding tert-OH is 1. The van der Waals surface area contributed by atoms with Gasteiger partial charge in [0.2, 0.25) is 0 Å². The number of halogens is 1. The summed E-state index contributed by atoms with van der Waals surface area (Å²) in [7, 11) is 1.40. The number of quaternary nitrogens is 1. The maximum absolute atomic E-state index is 9.05. The molecule has 0 aromatic carbocycles. The number of nitrogens with zero attached hydrogens (tertiary/aromatic N) is 1. The molecule has 88 valence electrons. The molecule has 0 fully saturated rings. The Kier molecular flexibility index (Phi) is 7.71. The minimum atomic E-state index is -4.67. The molecule has 0 amide bonds. The molecule has 14 heavy (non-hydrogen) atoms. The van der Waals surface area contributed by atoms with E-state index in [-0.39, 0.29) is 6.10 Å². The summed E-state index contributed by atoms with van der Waals surface area (Å²) in [6, 6.07) is 0. The van der Waals surface area contributed by atoms with Crippen molar-refractivity contribution in [3.63, 3.8) is 0 Å². The van der Waals surface area contributed by atoms with E-state index in [1.807, 2.05) is 21.1 Å². The highest BCUT2D eigenvalue weighted by Crippen LogP contribution is 1.95. The Bertz CT molecular complexity index is 227. The second-order valence-electron chi connectivity index (χ2n) is 3.73. The van der Waals surface area contributed by atoms with Gasteiger partial charge in [0.1, 0.15) is 12.6 Å². The van der Waals surface area contributed by atoms with E-state index in [0.29, 0.717) is 12.4 Å². The average Bonchev–Trinajstić information content (AvgIpc) is 1.79. The third-order valence-corrected chi connectivity index (χ3v) is 1.29. The lowest BCUT2D eigenvalue weighted by Crippen LogP contribution is -2.41. The summed E-state index contributed by atoms with van der Waals surface area (Å²) in [6.07, 6.45) is -0.369. The highest BCUT2D eigenvalue weighted by Gasteiger charge is 2.13. The summed E-state index contributed by atoms with van der Waals surface area (Å²) in [5, 5.41) is 9.05. The first-order valence-electron chi connectivity index (χ1n) is 3.70. The molecule has 0 radical (unpaired) electrons. The Morgan fingerprint density at radius 1 is 1.29 bits per heavy atom. The summed E-state index contributed by atoms with van der Waals surface area (Å²) >= 11 is 5.40. The van der Waals surface area contributed by atoms with Gasteiger partial charge in [0.05, 0.1) is 27.0 Å². The van der Waals surface area contributed by atoms with Crippen molar-refractivity contribution in [2.75, 3.05) is 33.6 Å². The van der Waals surface area contributed by atoms with Gasteiger partial charge in [0, 0.05) is 0 Å². The Morgan fingerprint density at radius 2 is 1.57 bits per heavy atom. The van der Waals surface area contributed by atoms with Crippen molar-refractivity contribution < 1.29 is 27.1 Å². The van der Waals surface area contributed by atoms with Gasteiger partial charge < -0.3 is 9.59 Å². The number of alkyl halides is 1. The molecule has 1 atom stereocenters. The molecule has 0 aliphatic heterocycles. The molecule has 0 saturated carbocycles. The van der Waals surface area contributed by atoms with Gasteiger partial charge in [-0.15, -0.1) is 11.6 Å². The summed E-state index contributed by atoms with van der Waals surface area (Å²) in [5.74, 6) is 0.329. The fourth-order valence-electron chi connectivity index (χ4n) is 0.681. The molecular weight excluding hydrogens is 234 g/mol. The van der Waals surface area contributed by atoms with E-state index >= 15 is 0 Å². The van der Waals surface area contributed by atoms with E-state index in [2.05, 4.69) is 0 Å². The molecule has 0 rings (SSSR count). The normalized spacial score (nSPS) is 14.2. The molecule has 0 heterocycles. The number of likely N-dealkylation sites (N-methyl/N-ethyl adjacent to an activating group) is 1. The topological polar surface area (TPSA) is 94.8 Å². The van der Waals surface area contributed by atoms with E-state index in [0.717, 1.165) is 4.48 Å². The van der Waals surface area contributed by atoms with E-state index < -0.39 is 10.4 Å². The lowest BCUT2D eigenvalue weighted by atomic mass is 10.3. The molecule has 3 N–H and O–H groups in total. The highest BCUT2D eigenvalue weighted by atomic mass is 35.5. The highest BCUT2D eigenvalue weighted by molar-refractivity contribution is 7.79. The van der Waals surface area contributed by atoms with Crippen LogP contribution in [-0.2, 0) is 10.4 Å². The van der Waals surface area contributed by atoms with Gasteiger partial charge in [-0.1, -0.05) is 0 Å². The van der Waals surface area contributed by atoms with Gasteiger partial charge in [-0.2, -0.15) is 8.42 Å². The first-order valence-corrected chi connectivity index (χ1v) is 5.63. The zero-order valence-electron chi connectivity index (χ0n) is 8.38. The van der Waals surface area contributed by atoms with E-state index in [1.54, 1.807) is 0 Å². The maximum atomic E-state index is 9.05. The molecule has 0 saturated heterocycles. The number of hydrogen-bond acceptors (Lipinski definition) is 3. The van der Waals surface area contributed by atoms with Gasteiger partial charge in [0.25, 0.3) is 0 Å². The number of hydrogen-bond donors (Lipinski definition) is 3. The SMILES string of the molecule is C[N+](C)(C)CC(O)CCl.O=S(=O)(O)O.